The summed E-state index contributed by atoms with van der Waals surface area (Å²) < 4.78 is 11.4. The van der Waals surface area contributed by atoms with Crippen LogP contribution in [0.3, 0.4) is 0 Å². The van der Waals surface area contributed by atoms with Gasteiger partial charge in [0.2, 0.25) is 0 Å². The highest BCUT2D eigenvalue weighted by molar-refractivity contribution is 5.07. The number of hydrogen-bond donors (Lipinski definition) is 0. The molecule has 0 aromatic rings. The first kappa shape index (κ1) is 13.4. The Hall–Kier alpha value is -0.540. The summed E-state index contributed by atoms with van der Waals surface area (Å²) in [5.74, 6) is 2.75. The molecule has 0 amide bonds. The van der Waals surface area contributed by atoms with Gasteiger partial charge in [-0.05, 0) is 31.1 Å². The number of fused-ring (bicyclic) bond motifs is 1. The highest BCUT2D eigenvalue weighted by atomic mass is 16.7. The fourth-order valence-electron chi connectivity index (χ4n) is 3.90. The molecule has 3 aliphatic rings. The number of rotatable bonds is 3. The number of piperidine rings is 1. The molecule has 3 aliphatic heterocycles. The van der Waals surface area contributed by atoms with Gasteiger partial charge in [-0.2, -0.15) is 0 Å². The topological polar surface area (TPSA) is 21.7 Å². The van der Waals surface area contributed by atoms with E-state index in [0.717, 1.165) is 31.5 Å². The third-order valence-electron chi connectivity index (χ3n) is 5.36. The van der Waals surface area contributed by atoms with Crippen LogP contribution in [0, 0.1) is 23.7 Å². The van der Waals surface area contributed by atoms with Gasteiger partial charge in [0.25, 0.3) is 0 Å². The zero-order valence-electron chi connectivity index (χ0n) is 12.3. The smallest absolute Gasteiger partial charge is 0.161 e. The summed E-state index contributed by atoms with van der Waals surface area (Å²) in [7, 11) is 0. The molecule has 3 atom stereocenters. The minimum atomic E-state index is 0.0509. The molecule has 0 aliphatic carbocycles. The first-order valence-corrected chi connectivity index (χ1v) is 7.83. The Morgan fingerprint density at radius 2 is 1.89 bits per heavy atom. The van der Waals surface area contributed by atoms with Gasteiger partial charge in [0.05, 0.1) is 13.2 Å². The molecule has 0 aromatic carbocycles. The van der Waals surface area contributed by atoms with Crippen LogP contribution < -0.4 is 0 Å². The Kier molecular flexibility index (Phi) is 3.86. The van der Waals surface area contributed by atoms with Crippen LogP contribution >= 0.6 is 0 Å². The minimum Gasteiger partial charge on any atom is -0.375 e. The number of ether oxygens (including phenoxy) is 2. The van der Waals surface area contributed by atoms with Crippen LogP contribution in [0.5, 0.6) is 0 Å². The van der Waals surface area contributed by atoms with Crippen LogP contribution in [0.2, 0.25) is 0 Å². The van der Waals surface area contributed by atoms with E-state index in [-0.39, 0.29) is 6.29 Å². The molecule has 3 heteroatoms. The lowest BCUT2D eigenvalue weighted by molar-refractivity contribution is -0.0905. The maximum Gasteiger partial charge on any atom is 0.161 e. The lowest BCUT2D eigenvalue weighted by Gasteiger charge is -2.38. The van der Waals surface area contributed by atoms with Crippen LogP contribution in [0.4, 0.5) is 0 Å². The summed E-state index contributed by atoms with van der Waals surface area (Å²) in [5, 5.41) is 0. The molecule has 3 saturated heterocycles. The van der Waals surface area contributed by atoms with Crippen molar-refractivity contribution >= 4 is 0 Å². The summed E-state index contributed by atoms with van der Waals surface area (Å²) in [5.41, 5.74) is 1.31. The maximum absolute atomic E-state index is 5.75. The molecule has 0 spiro atoms. The monoisotopic (exact) mass is 265 g/mol. The van der Waals surface area contributed by atoms with E-state index in [1.54, 1.807) is 0 Å². The van der Waals surface area contributed by atoms with Crippen molar-refractivity contribution in [2.75, 3.05) is 26.3 Å². The summed E-state index contributed by atoms with van der Waals surface area (Å²) >= 11 is 0. The average Bonchev–Trinajstić information content (AvgIpc) is 3.00. The van der Waals surface area contributed by atoms with E-state index in [2.05, 4.69) is 25.3 Å². The van der Waals surface area contributed by atoms with Crippen molar-refractivity contribution in [3.8, 4) is 0 Å². The molecular weight excluding hydrogens is 238 g/mol. The van der Waals surface area contributed by atoms with Gasteiger partial charge >= 0.3 is 0 Å². The Bertz CT molecular complexity index is 334. The number of hydrogen-bond acceptors (Lipinski definition) is 3. The Morgan fingerprint density at radius 1 is 1.16 bits per heavy atom. The van der Waals surface area contributed by atoms with Crippen molar-refractivity contribution in [2.45, 2.75) is 39.4 Å². The number of likely N-dealkylation sites (tertiary alicyclic amines) is 1. The third-order valence-corrected chi connectivity index (χ3v) is 5.36. The van der Waals surface area contributed by atoms with Crippen LogP contribution in [0.1, 0.15) is 33.1 Å². The molecule has 0 aromatic heterocycles. The minimum absolute atomic E-state index is 0.0509. The molecule has 3 nitrogen and oxygen atoms in total. The molecule has 3 fully saturated rings. The molecule has 0 saturated carbocycles. The molecule has 108 valence electrons. The van der Waals surface area contributed by atoms with E-state index in [1.165, 1.54) is 31.6 Å². The Balaban J connectivity index is 1.57. The molecule has 3 heterocycles. The lowest BCUT2D eigenvalue weighted by Crippen LogP contribution is -2.37. The predicted molar refractivity (Wildman–Crippen MR) is 75.6 cm³/mol. The van der Waals surface area contributed by atoms with Gasteiger partial charge in [0, 0.05) is 30.6 Å². The lowest BCUT2D eigenvalue weighted by atomic mass is 9.85. The summed E-state index contributed by atoms with van der Waals surface area (Å²) in [6, 6.07) is 0. The zero-order valence-corrected chi connectivity index (χ0v) is 12.3. The second kappa shape index (κ2) is 5.45. The zero-order chi connectivity index (χ0) is 13.4. The van der Waals surface area contributed by atoms with Crippen LogP contribution in [-0.2, 0) is 9.47 Å². The second-order valence-electron chi connectivity index (χ2n) is 6.69. The molecule has 0 N–H and O–H groups in total. The first-order chi connectivity index (χ1) is 9.16. The predicted octanol–water partition coefficient (Wildman–Crippen LogP) is 2.88. The van der Waals surface area contributed by atoms with Gasteiger partial charge in [-0.25, -0.2) is 0 Å². The van der Waals surface area contributed by atoms with Crippen molar-refractivity contribution in [3.63, 3.8) is 0 Å². The van der Waals surface area contributed by atoms with Crippen molar-refractivity contribution in [2.24, 2.45) is 23.7 Å². The SMILES string of the molecule is C=C(C1COC2OCCC21)N1CCC(C(C)C)CC1. The van der Waals surface area contributed by atoms with Crippen LogP contribution in [0.25, 0.3) is 0 Å². The van der Waals surface area contributed by atoms with Crippen LogP contribution in [0.15, 0.2) is 12.3 Å². The van der Waals surface area contributed by atoms with Crippen LogP contribution in [-0.4, -0.2) is 37.5 Å². The van der Waals surface area contributed by atoms with Crippen molar-refractivity contribution in [3.05, 3.63) is 12.3 Å². The largest absolute Gasteiger partial charge is 0.375 e. The van der Waals surface area contributed by atoms with Gasteiger partial charge in [0.1, 0.15) is 0 Å². The number of nitrogens with zero attached hydrogens (tertiary/aromatic N) is 1. The molecule has 0 radical (unpaired) electrons. The van der Waals surface area contributed by atoms with E-state index in [0.29, 0.717) is 11.8 Å². The van der Waals surface area contributed by atoms with E-state index in [1.807, 2.05) is 0 Å². The summed E-state index contributed by atoms with van der Waals surface area (Å²) in [6.45, 7) is 13.1. The van der Waals surface area contributed by atoms with Gasteiger partial charge in [-0.1, -0.05) is 20.4 Å². The van der Waals surface area contributed by atoms with Gasteiger partial charge in [0.15, 0.2) is 6.29 Å². The fourth-order valence-corrected chi connectivity index (χ4v) is 3.90. The molecular formula is C16H27NO2. The average molecular weight is 265 g/mol. The van der Waals surface area contributed by atoms with Gasteiger partial charge in [-0.3, -0.25) is 0 Å². The molecule has 19 heavy (non-hydrogen) atoms. The van der Waals surface area contributed by atoms with E-state index >= 15 is 0 Å². The van der Waals surface area contributed by atoms with Crippen molar-refractivity contribution in [1.82, 2.24) is 4.90 Å². The quantitative estimate of drug-likeness (QED) is 0.783. The fraction of sp³-hybridized carbons (Fsp3) is 0.875. The van der Waals surface area contributed by atoms with Gasteiger partial charge in [-0.15, -0.1) is 0 Å². The first-order valence-electron chi connectivity index (χ1n) is 7.83. The highest BCUT2D eigenvalue weighted by Crippen LogP contribution is 2.40. The van der Waals surface area contributed by atoms with E-state index in [4.69, 9.17) is 9.47 Å². The second-order valence-corrected chi connectivity index (χ2v) is 6.69. The van der Waals surface area contributed by atoms with Crippen molar-refractivity contribution in [1.29, 1.82) is 0 Å². The summed E-state index contributed by atoms with van der Waals surface area (Å²) in [6.07, 6.45) is 3.82. The van der Waals surface area contributed by atoms with E-state index < -0.39 is 0 Å². The molecule has 0 bridgehead atoms. The van der Waals surface area contributed by atoms with Crippen molar-refractivity contribution < 1.29 is 9.47 Å². The third kappa shape index (κ3) is 2.55. The molecule has 3 rings (SSSR count). The normalized spacial score (nSPS) is 35.9. The Morgan fingerprint density at radius 3 is 2.58 bits per heavy atom. The summed E-state index contributed by atoms with van der Waals surface area (Å²) in [4.78, 5) is 2.51. The maximum atomic E-state index is 5.75. The standard InChI is InChI=1S/C16H27NO2/c1-11(2)13-4-7-17(8-5-13)12(3)15-10-19-16-14(15)6-9-18-16/h11,13-16H,3-10H2,1-2H3. The Labute approximate surface area is 116 Å². The van der Waals surface area contributed by atoms with Gasteiger partial charge < -0.3 is 14.4 Å². The highest BCUT2D eigenvalue weighted by Gasteiger charge is 2.44. The molecule has 3 unspecified atom stereocenters. The van der Waals surface area contributed by atoms with E-state index in [9.17, 15) is 0 Å².